The van der Waals surface area contributed by atoms with Crippen molar-refractivity contribution < 1.29 is 13.2 Å². The van der Waals surface area contributed by atoms with Crippen LogP contribution in [0.3, 0.4) is 0 Å². The molecule has 1 amide bonds. The monoisotopic (exact) mass is 317 g/mol. The SMILES string of the molecule is CCc1[nH]nc(C(=O)NCCCN(CC)S(C)(=O)=O)c1N. The maximum absolute atomic E-state index is 11.9. The van der Waals surface area contributed by atoms with Gasteiger partial charge in [0.2, 0.25) is 10.0 Å². The molecule has 0 aliphatic rings. The zero-order chi connectivity index (χ0) is 16.0. The molecule has 21 heavy (non-hydrogen) atoms. The van der Waals surface area contributed by atoms with Crippen LogP contribution < -0.4 is 11.1 Å². The quantitative estimate of drug-likeness (QED) is 0.581. The molecule has 1 aromatic rings. The Morgan fingerprint density at radius 3 is 2.57 bits per heavy atom. The number of carbonyl (C=O) groups excluding carboxylic acids is 1. The van der Waals surface area contributed by atoms with Crippen molar-refractivity contribution in [2.45, 2.75) is 26.7 Å². The molecule has 0 spiro atoms. The number of hydrogen-bond donors (Lipinski definition) is 3. The highest BCUT2D eigenvalue weighted by Crippen LogP contribution is 2.13. The minimum Gasteiger partial charge on any atom is -0.395 e. The lowest BCUT2D eigenvalue weighted by molar-refractivity contribution is 0.0948. The maximum Gasteiger partial charge on any atom is 0.273 e. The highest BCUT2D eigenvalue weighted by atomic mass is 32.2. The Morgan fingerprint density at radius 1 is 1.43 bits per heavy atom. The minimum absolute atomic E-state index is 0.183. The second-order valence-electron chi connectivity index (χ2n) is 4.68. The Bertz CT molecular complexity index is 582. The molecule has 0 unspecified atom stereocenters. The van der Waals surface area contributed by atoms with Crippen LogP contribution in [-0.4, -0.2) is 54.7 Å². The van der Waals surface area contributed by atoms with E-state index in [1.54, 1.807) is 6.92 Å². The van der Waals surface area contributed by atoms with E-state index in [0.29, 0.717) is 38.2 Å². The van der Waals surface area contributed by atoms with Crippen molar-refractivity contribution in [3.05, 3.63) is 11.4 Å². The van der Waals surface area contributed by atoms with E-state index in [1.807, 2.05) is 6.92 Å². The number of nitrogen functional groups attached to an aromatic ring is 1. The van der Waals surface area contributed by atoms with Crippen molar-refractivity contribution in [3.63, 3.8) is 0 Å². The highest BCUT2D eigenvalue weighted by Gasteiger charge is 2.17. The molecule has 8 nitrogen and oxygen atoms in total. The molecule has 0 fully saturated rings. The van der Waals surface area contributed by atoms with E-state index in [0.717, 1.165) is 5.69 Å². The molecule has 0 aliphatic heterocycles. The van der Waals surface area contributed by atoms with Crippen LogP contribution in [0.15, 0.2) is 0 Å². The topological polar surface area (TPSA) is 121 Å². The van der Waals surface area contributed by atoms with Gasteiger partial charge < -0.3 is 11.1 Å². The lowest BCUT2D eigenvalue weighted by atomic mass is 10.2. The van der Waals surface area contributed by atoms with Gasteiger partial charge in [0.1, 0.15) is 0 Å². The Kier molecular flexibility index (Phi) is 6.16. The number of carbonyl (C=O) groups is 1. The molecule has 0 radical (unpaired) electrons. The molecule has 1 aromatic heterocycles. The molecule has 4 N–H and O–H groups in total. The Labute approximate surface area is 125 Å². The standard InChI is InChI=1S/C12H23N5O3S/c1-4-9-10(13)11(16-15-9)12(18)14-7-6-8-17(5-2)21(3,19)20/h4-8,13H2,1-3H3,(H,14,18)(H,15,16). The first-order valence-electron chi connectivity index (χ1n) is 6.87. The molecule has 0 saturated heterocycles. The van der Waals surface area contributed by atoms with E-state index < -0.39 is 10.0 Å². The molecular formula is C12H23N5O3S. The average molecular weight is 317 g/mol. The van der Waals surface area contributed by atoms with Gasteiger partial charge in [-0.25, -0.2) is 12.7 Å². The van der Waals surface area contributed by atoms with Gasteiger partial charge in [0.25, 0.3) is 5.91 Å². The highest BCUT2D eigenvalue weighted by molar-refractivity contribution is 7.88. The first kappa shape index (κ1) is 17.4. The van der Waals surface area contributed by atoms with Crippen LogP contribution in [-0.2, 0) is 16.4 Å². The third-order valence-electron chi connectivity index (χ3n) is 3.14. The van der Waals surface area contributed by atoms with E-state index >= 15 is 0 Å². The first-order chi connectivity index (χ1) is 9.81. The van der Waals surface area contributed by atoms with Gasteiger partial charge in [-0.15, -0.1) is 0 Å². The van der Waals surface area contributed by atoms with Crippen LogP contribution >= 0.6 is 0 Å². The molecule has 9 heteroatoms. The van der Waals surface area contributed by atoms with Crippen molar-refractivity contribution in [1.29, 1.82) is 0 Å². The van der Waals surface area contributed by atoms with Crippen LogP contribution in [0.25, 0.3) is 0 Å². The maximum atomic E-state index is 11.9. The Hall–Kier alpha value is -1.61. The van der Waals surface area contributed by atoms with Gasteiger partial charge in [-0.2, -0.15) is 5.10 Å². The number of anilines is 1. The van der Waals surface area contributed by atoms with Gasteiger partial charge in [0.15, 0.2) is 5.69 Å². The number of sulfonamides is 1. The lowest BCUT2D eigenvalue weighted by Crippen LogP contribution is -2.33. The van der Waals surface area contributed by atoms with Crippen LogP contribution in [0.5, 0.6) is 0 Å². The van der Waals surface area contributed by atoms with E-state index in [9.17, 15) is 13.2 Å². The summed E-state index contributed by atoms with van der Waals surface area (Å²) in [6.07, 6.45) is 2.37. The van der Waals surface area contributed by atoms with Crippen LogP contribution in [0.1, 0.15) is 36.5 Å². The molecular weight excluding hydrogens is 294 g/mol. The van der Waals surface area contributed by atoms with E-state index in [2.05, 4.69) is 15.5 Å². The van der Waals surface area contributed by atoms with Crippen LogP contribution in [0.2, 0.25) is 0 Å². The zero-order valence-electron chi connectivity index (χ0n) is 12.6. The smallest absolute Gasteiger partial charge is 0.273 e. The number of nitrogens with zero attached hydrogens (tertiary/aromatic N) is 2. The van der Waals surface area contributed by atoms with Crippen LogP contribution in [0.4, 0.5) is 5.69 Å². The summed E-state index contributed by atoms with van der Waals surface area (Å²) in [5.74, 6) is -0.356. The Morgan fingerprint density at radius 2 is 2.10 bits per heavy atom. The molecule has 0 aliphatic carbocycles. The summed E-state index contributed by atoms with van der Waals surface area (Å²) in [7, 11) is -3.19. The summed E-state index contributed by atoms with van der Waals surface area (Å²) in [5, 5.41) is 9.29. The molecule has 120 valence electrons. The zero-order valence-corrected chi connectivity index (χ0v) is 13.5. The van der Waals surface area contributed by atoms with Crippen LogP contribution in [0, 0.1) is 0 Å². The lowest BCUT2D eigenvalue weighted by Gasteiger charge is -2.17. The number of hydrogen-bond acceptors (Lipinski definition) is 5. The molecule has 0 bridgehead atoms. The summed E-state index contributed by atoms with van der Waals surface area (Å²) in [4.78, 5) is 11.9. The minimum atomic E-state index is -3.19. The number of nitrogens with two attached hydrogens (primary N) is 1. The third-order valence-corrected chi connectivity index (χ3v) is 4.52. The third kappa shape index (κ3) is 4.71. The number of H-pyrrole nitrogens is 1. The summed E-state index contributed by atoms with van der Waals surface area (Å²) >= 11 is 0. The first-order valence-corrected chi connectivity index (χ1v) is 8.72. The van der Waals surface area contributed by atoms with Crippen molar-refractivity contribution in [1.82, 2.24) is 19.8 Å². The summed E-state index contributed by atoms with van der Waals surface area (Å²) in [6.45, 7) is 4.83. The number of nitrogens with one attached hydrogen (secondary N) is 2. The normalized spacial score (nSPS) is 11.8. The van der Waals surface area contributed by atoms with E-state index in [-0.39, 0.29) is 11.6 Å². The molecule has 0 saturated carbocycles. The number of aryl methyl sites for hydroxylation is 1. The van der Waals surface area contributed by atoms with Gasteiger partial charge >= 0.3 is 0 Å². The fourth-order valence-corrected chi connectivity index (χ4v) is 2.86. The summed E-state index contributed by atoms with van der Waals surface area (Å²) < 4.78 is 24.2. The molecule has 0 aromatic carbocycles. The van der Waals surface area contributed by atoms with E-state index in [1.165, 1.54) is 10.6 Å². The van der Waals surface area contributed by atoms with Gasteiger partial charge in [0, 0.05) is 19.6 Å². The Balaban J connectivity index is 2.45. The second kappa shape index (κ2) is 7.41. The summed E-state index contributed by atoms with van der Waals surface area (Å²) in [6, 6.07) is 0. The predicted octanol–water partition coefficient (Wildman–Crippen LogP) is -0.0443. The van der Waals surface area contributed by atoms with Crippen molar-refractivity contribution in [2.75, 3.05) is 31.6 Å². The number of amides is 1. The van der Waals surface area contributed by atoms with Gasteiger partial charge in [-0.05, 0) is 12.8 Å². The number of aromatic nitrogens is 2. The average Bonchev–Trinajstić information content (AvgIpc) is 2.78. The van der Waals surface area contributed by atoms with Gasteiger partial charge in [0.05, 0.1) is 17.6 Å². The summed E-state index contributed by atoms with van der Waals surface area (Å²) in [5.41, 5.74) is 7.08. The van der Waals surface area contributed by atoms with Crippen molar-refractivity contribution in [3.8, 4) is 0 Å². The van der Waals surface area contributed by atoms with Crippen molar-refractivity contribution >= 4 is 21.6 Å². The van der Waals surface area contributed by atoms with Gasteiger partial charge in [-0.1, -0.05) is 13.8 Å². The fraction of sp³-hybridized carbons (Fsp3) is 0.667. The second-order valence-corrected chi connectivity index (χ2v) is 6.66. The van der Waals surface area contributed by atoms with E-state index in [4.69, 9.17) is 5.73 Å². The molecule has 0 atom stereocenters. The predicted molar refractivity (Wildman–Crippen MR) is 81.4 cm³/mol. The molecule has 1 rings (SSSR count). The van der Waals surface area contributed by atoms with Gasteiger partial charge in [-0.3, -0.25) is 9.89 Å². The number of rotatable bonds is 8. The van der Waals surface area contributed by atoms with Crippen molar-refractivity contribution in [2.24, 2.45) is 0 Å². The number of aromatic amines is 1. The fourth-order valence-electron chi connectivity index (χ4n) is 1.93. The molecule has 1 heterocycles. The largest absolute Gasteiger partial charge is 0.395 e.